The molecule has 0 spiro atoms. The fourth-order valence-corrected chi connectivity index (χ4v) is 3.71. The minimum atomic E-state index is -0.0957. The van der Waals surface area contributed by atoms with E-state index in [1.807, 2.05) is 23.9 Å². The zero-order chi connectivity index (χ0) is 14.6. The first-order valence-corrected chi connectivity index (χ1v) is 8.13. The molecule has 1 aliphatic carbocycles. The molecule has 1 aliphatic rings. The maximum atomic E-state index is 11.4. The third kappa shape index (κ3) is 3.76. The molecule has 2 N–H and O–H groups in total. The lowest BCUT2D eigenvalue weighted by molar-refractivity contribution is -0.141. The number of methoxy groups -OCH3 is 1. The van der Waals surface area contributed by atoms with Crippen LogP contribution in [0.15, 0.2) is 29.2 Å². The summed E-state index contributed by atoms with van der Waals surface area (Å²) in [4.78, 5) is 12.7. The number of esters is 1. The van der Waals surface area contributed by atoms with Crippen LogP contribution in [0.25, 0.3) is 0 Å². The normalized spacial score (nSPS) is 17.6. The molecule has 0 saturated heterocycles. The third-order valence-electron chi connectivity index (χ3n) is 4.00. The van der Waals surface area contributed by atoms with Gasteiger partial charge in [0.05, 0.1) is 13.5 Å². The van der Waals surface area contributed by atoms with Gasteiger partial charge < -0.3 is 10.5 Å². The Morgan fingerprint density at radius 1 is 1.45 bits per heavy atom. The van der Waals surface area contributed by atoms with Gasteiger partial charge in [-0.25, -0.2) is 0 Å². The summed E-state index contributed by atoms with van der Waals surface area (Å²) >= 11 is 1.82. The van der Waals surface area contributed by atoms with Gasteiger partial charge in [-0.2, -0.15) is 0 Å². The molecule has 1 saturated carbocycles. The van der Waals surface area contributed by atoms with E-state index in [2.05, 4.69) is 19.1 Å². The van der Waals surface area contributed by atoms with Crippen molar-refractivity contribution in [3.05, 3.63) is 29.8 Å². The summed E-state index contributed by atoms with van der Waals surface area (Å²) in [5, 5.41) is 0. The SMILES string of the molecule is CC[C@@H](N)c1ccccc1SCC1(CC(=O)OC)CC1. The van der Waals surface area contributed by atoms with E-state index in [0.29, 0.717) is 6.42 Å². The van der Waals surface area contributed by atoms with Crippen molar-refractivity contribution in [2.45, 2.75) is 43.5 Å². The Hall–Kier alpha value is -1.00. The first kappa shape index (κ1) is 15.4. The molecule has 0 unspecified atom stereocenters. The quantitative estimate of drug-likeness (QED) is 0.617. The van der Waals surface area contributed by atoms with Crippen molar-refractivity contribution in [1.29, 1.82) is 0 Å². The van der Waals surface area contributed by atoms with Gasteiger partial charge in [-0.3, -0.25) is 4.79 Å². The molecule has 110 valence electrons. The number of benzene rings is 1. The number of hydrogen-bond donors (Lipinski definition) is 1. The molecule has 2 rings (SSSR count). The van der Waals surface area contributed by atoms with Crippen LogP contribution in [0.3, 0.4) is 0 Å². The fraction of sp³-hybridized carbons (Fsp3) is 0.562. The average Bonchev–Trinajstić information content (AvgIpc) is 3.24. The molecule has 1 fully saturated rings. The van der Waals surface area contributed by atoms with E-state index in [4.69, 9.17) is 10.5 Å². The van der Waals surface area contributed by atoms with Crippen LogP contribution in [0.4, 0.5) is 0 Å². The van der Waals surface area contributed by atoms with E-state index in [1.165, 1.54) is 17.6 Å². The maximum Gasteiger partial charge on any atom is 0.306 e. The fourth-order valence-electron chi connectivity index (χ4n) is 2.30. The van der Waals surface area contributed by atoms with Crippen molar-refractivity contribution >= 4 is 17.7 Å². The van der Waals surface area contributed by atoms with Gasteiger partial charge >= 0.3 is 5.97 Å². The molecule has 0 bridgehead atoms. The van der Waals surface area contributed by atoms with Gasteiger partial charge in [0, 0.05) is 16.7 Å². The van der Waals surface area contributed by atoms with Crippen LogP contribution in [0.2, 0.25) is 0 Å². The molecule has 0 aromatic heterocycles. The van der Waals surface area contributed by atoms with Crippen LogP contribution in [0.5, 0.6) is 0 Å². The monoisotopic (exact) mass is 293 g/mol. The highest BCUT2D eigenvalue weighted by Gasteiger charge is 2.44. The van der Waals surface area contributed by atoms with Gasteiger partial charge in [-0.15, -0.1) is 11.8 Å². The van der Waals surface area contributed by atoms with E-state index >= 15 is 0 Å². The number of rotatable bonds is 7. The number of hydrogen-bond acceptors (Lipinski definition) is 4. The van der Waals surface area contributed by atoms with E-state index in [9.17, 15) is 4.79 Å². The summed E-state index contributed by atoms with van der Waals surface area (Å²) in [6.45, 7) is 2.10. The molecule has 20 heavy (non-hydrogen) atoms. The summed E-state index contributed by atoms with van der Waals surface area (Å²) < 4.78 is 4.79. The number of carbonyl (C=O) groups is 1. The summed E-state index contributed by atoms with van der Waals surface area (Å²) in [5.41, 5.74) is 7.54. The smallest absolute Gasteiger partial charge is 0.306 e. The first-order chi connectivity index (χ1) is 9.60. The van der Waals surface area contributed by atoms with Crippen molar-refractivity contribution in [2.75, 3.05) is 12.9 Å². The largest absolute Gasteiger partial charge is 0.469 e. The highest BCUT2D eigenvalue weighted by atomic mass is 32.2. The van der Waals surface area contributed by atoms with Crippen molar-refractivity contribution < 1.29 is 9.53 Å². The minimum absolute atomic E-state index is 0.0921. The number of nitrogens with two attached hydrogens (primary N) is 1. The zero-order valence-electron chi connectivity index (χ0n) is 12.2. The summed E-state index contributed by atoms with van der Waals surface area (Å²) in [7, 11) is 1.46. The summed E-state index contributed by atoms with van der Waals surface area (Å²) in [5.74, 6) is 0.872. The Morgan fingerprint density at radius 3 is 2.75 bits per heavy atom. The van der Waals surface area contributed by atoms with Crippen molar-refractivity contribution in [3.8, 4) is 0 Å². The lowest BCUT2D eigenvalue weighted by Gasteiger charge is -2.17. The second-order valence-corrected chi connectivity index (χ2v) is 6.61. The van der Waals surface area contributed by atoms with E-state index in [0.717, 1.165) is 25.0 Å². The van der Waals surface area contributed by atoms with E-state index in [-0.39, 0.29) is 17.4 Å². The zero-order valence-corrected chi connectivity index (χ0v) is 13.0. The van der Waals surface area contributed by atoms with Gasteiger partial charge in [0.25, 0.3) is 0 Å². The Bertz CT molecular complexity index is 471. The third-order valence-corrected chi connectivity index (χ3v) is 5.44. The molecule has 4 heteroatoms. The van der Waals surface area contributed by atoms with Crippen LogP contribution in [0.1, 0.15) is 44.2 Å². The Morgan fingerprint density at radius 2 is 2.15 bits per heavy atom. The Kier molecular flexibility index (Phi) is 5.11. The second-order valence-electron chi connectivity index (χ2n) is 5.59. The van der Waals surface area contributed by atoms with Gasteiger partial charge in [-0.1, -0.05) is 25.1 Å². The van der Waals surface area contributed by atoms with Gasteiger partial charge in [0.2, 0.25) is 0 Å². The highest BCUT2D eigenvalue weighted by Crippen LogP contribution is 2.52. The lowest BCUT2D eigenvalue weighted by Crippen LogP contribution is -2.14. The minimum Gasteiger partial charge on any atom is -0.469 e. The molecular weight excluding hydrogens is 270 g/mol. The standard InChI is InChI=1S/C16H23NO2S/c1-3-13(17)12-6-4-5-7-14(12)20-11-16(8-9-16)10-15(18)19-2/h4-7,13H,3,8-11,17H2,1-2H3/t13-/m1/s1. The summed E-state index contributed by atoms with van der Waals surface area (Å²) in [6, 6.07) is 8.42. The van der Waals surface area contributed by atoms with Crippen molar-refractivity contribution in [3.63, 3.8) is 0 Å². The number of ether oxygens (including phenoxy) is 1. The van der Waals surface area contributed by atoms with Crippen molar-refractivity contribution in [1.82, 2.24) is 0 Å². The molecular formula is C16H23NO2S. The molecule has 0 heterocycles. The van der Waals surface area contributed by atoms with Crippen LogP contribution in [0, 0.1) is 5.41 Å². The van der Waals surface area contributed by atoms with E-state index < -0.39 is 0 Å². The number of thioether (sulfide) groups is 1. The summed E-state index contributed by atoms with van der Waals surface area (Å²) in [6.07, 6.45) is 3.72. The number of carbonyl (C=O) groups excluding carboxylic acids is 1. The first-order valence-electron chi connectivity index (χ1n) is 7.14. The molecule has 0 radical (unpaired) electrons. The van der Waals surface area contributed by atoms with Gasteiger partial charge in [0.15, 0.2) is 0 Å². The predicted molar refractivity (Wildman–Crippen MR) is 82.7 cm³/mol. The molecule has 1 atom stereocenters. The van der Waals surface area contributed by atoms with Gasteiger partial charge in [0.1, 0.15) is 0 Å². The average molecular weight is 293 g/mol. The van der Waals surface area contributed by atoms with Crippen LogP contribution < -0.4 is 5.73 Å². The van der Waals surface area contributed by atoms with Crippen molar-refractivity contribution in [2.24, 2.45) is 11.1 Å². The van der Waals surface area contributed by atoms with Crippen LogP contribution >= 0.6 is 11.8 Å². The van der Waals surface area contributed by atoms with Gasteiger partial charge in [-0.05, 0) is 36.3 Å². The Balaban J connectivity index is 1.99. The predicted octanol–water partition coefficient (Wildman–Crippen LogP) is 3.53. The second kappa shape index (κ2) is 6.64. The topological polar surface area (TPSA) is 52.3 Å². The molecule has 1 aromatic rings. The van der Waals surface area contributed by atoms with Crippen LogP contribution in [-0.2, 0) is 9.53 Å². The van der Waals surface area contributed by atoms with Crippen LogP contribution in [-0.4, -0.2) is 18.8 Å². The maximum absolute atomic E-state index is 11.4. The highest BCUT2D eigenvalue weighted by molar-refractivity contribution is 7.99. The molecule has 0 aliphatic heterocycles. The molecule has 3 nitrogen and oxygen atoms in total. The molecule has 0 amide bonds. The molecule has 1 aromatic carbocycles. The lowest BCUT2D eigenvalue weighted by atomic mass is 10.1. The van der Waals surface area contributed by atoms with E-state index in [1.54, 1.807) is 0 Å². The Labute approximate surface area is 125 Å².